The second-order valence-electron chi connectivity index (χ2n) is 4.17. The van der Waals surface area contributed by atoms with Crippen molar-refractivity contribution in [3.05, 3.63) is 18.2 Å². The van der Waals surface area contributed by atoms with Crippen LogP contribution in [0.4, 0.5) is 5.69 Å². The maximum Gasteiger partial charge on any atom is 0.305 e. The molecule has 0 unspecified atom stereocenters. The molecule has 0 aromatic heterocycles. The largest absolute Gasteiger partial charge is 0.481 e. The van der Waals surface area contributed by atoms with Crippen molar-refractivity contribution in [2.24, 2.45) is 0 Å². The lowest BCUT2D eigenvalue weighted by Crippen LogP contribution is -2.26. The number of ether oxygens (including phenoxy) is 2. The van der Waals surface area contributed by atoms with E-state index in [1.165, 1.54) is 0 Å². The predicted molar refractivity (Wildman–Crippen MR) is 67.3 cm³/mol. The highest BCUT2D eigenvalue weighted by Crippen LogP contribution is 2.35. The van der Waals surface area contributed by atoms with Gasteiger partial charge in [-0.1, -0.05) is 6.92 Å². The van der Waals surface area contributed by atoms with E-state index in [1.807, 2.05) is 18.2 Å². The quantitative estimate of drug-likeness (QED) is 0.839. The van der Waals surface area contributed by atoms with Crippen molar-refractivity contribution >= 4 is 11.7 Å². The van der Waals surface area contributed by atoms with Crippen molar-refractivity contribution in [1.29, 1.82) is 0 Å². The smallest absolute Gasteiger partial charge is 0.305 e. The zero-order chi connectivity index (χ0) is 13.0. The molecule has 1 aromatic rings. The van der Waals surface area contributed by atoms with Gasteiger partial charge in [0.15, 0.2) is 11.5 Å². The Hall–Kier alpha value is -1.91. The van der Waals surface area contributed by atoms with Crippen LogP contribution in [0.15, 0.2) is 18.2 Å². The highest BCUT2D eigenvalue weighted by atomic mass is 16.7. The molecular weight excluding hydrogens is 234 g/mol. The molecule has 5 nitrogen and oxygen atoms in total. The summed E-state index contributed by atoms with van der Waals surface area (Å²) in [5, 5.41) is 8.76. The monoisotopic (exact) mass is 251 g/mol. The molecule has 1 aliphatic heterocycles. The van der Waals surface area contributed by atoms with Crippen LogP contribution >= 0.6 is 0 Å². The number of aliphatic carboxylic acids is 1. The maximum atomic E-state index is 10.7. The second-order valence-corrected chi connectivity index (χ2v) is 4.17. The standard InChI is InChI=1S/C13H17NO4/c1-2-6-14(7-5-13(15)16)10-3-4-11-12(8-10)18-9-17-11/h3-4,8H,2,5-7,9H2,1H3,(H,15,16). The van der Waals surface area contributed by atoms with Crippen molar-refractivity contribution in [2.75, 3.05) is 24.8 Å². The SMILES string of the molecule is CCCN(CCC(=O)O)c1ccc2c(c1)OCO2. The summed E-state index contributed by atoms with van der Waals surface area (Å²) < 4.78 is 10.6. The number of rotatable bonds is 6. The average molecular weight is 251 g/mol. The van der Waals surface area contributed by atoms with Crippen LogP contribution in [0.5, 0.6) is 11.5 Å². The molecule has 0 saturated carbocycles. The fourth-order valence-corrected chi connectivity index (χ4v) is 1.95. The maximum absolute atomic E-state index is 10.7. The number of nitrogens with zero attached hydrogens (tertiary/aromatic N) is 1. The molecule has 5 heteroatoms. The van der Waals surface area contributed by atoms with Crippen LogP contribution in [-0.2, 0) is 4.79 Å². The van der Waals surface area contributed by atoms with E-state index in [4.69, 9.17) is 14.6 Å². The molecule has 0 amide bonds. The molecule has 0 bridgehead atoms. The Labute approximate surface area is 106 Å². The lowest BCUT2D eigenvalue weighted by Gasteiger charge is -2.23. The van der Waals surface area contributed by atoms with E-state index in [9.17, 15) is 4.79 Å². The first-order chi connectivity index (χ1) is 8.70. The van der Waals surface area contributed by atoms with Crippen LogP contribution in [0, 0.1) is 0 Å². The van der Waals surface area contributed by atoms with Gasteiger partial charge in [0.2, 0.25) is 6.79 Å². The molecular formula is C13H17NO4. The third-order valence-electron chi connectivity index (χ3n) is 2.81. The molecule has 0 saturated heterocycles. The third kappa shape index (κ3) is 2.85. The number of carbonyl (C=O) groups is 1. The summed E-state index contributed by atoms with van der Waals surface area (Å²) in [6.07, 6.45) is 1.10. The first kappa shape index (κ1) is 12.5. The van der Waals surface area contributed by atoms with Gasteiger partial charge in [0.05, 0.1) is 6.42 Å². The third-order valence-corrected chi connectivity index (χ3v) is 2.81. The zero-order valence-corrected chi connectivity index (χ0v) is 10.4. The van der Waals surface area contributed by atoms with Gasteiger partial charge in [0.1, 0.15) is 0 Å². The summed E-state index contributed by atoms with van der Waals surface area (Å²) >= 11 is 0. The van der Waals surface area contributed by atoms with E-state index in [0.717, 1.165) is 30.2 Å². The van der Waals surface area contributed by atoms with Gasteiger partial charge in [0, 0.05) is 24.8 Å². The van der Waals surface area contributed by atoms with Crippen molar-refractivity contribution < 1.29 is 19.4 Å². The number of anilines is 1. The Morgan fingerprint density at radius 1 is 1.33 bits per heavy atom. The molecule has 0 fully saturated rings. The summed E-state index contributed by atoms with van der Waals surface area (Å²) in [6, 6.07) is 5.70. The zero-order valence-electron chi connectivity index (χ0n) is 10.4. The van der Waals surface area contributed by atoms with Crippen LogP contribution in [-0.4, -0.2) is 31.0 Å². The van der Waals surface area contributed by atoms with Gasteiger partial charge in [-0.05, 0) is 18.6 Å². The first-order valence-electron chi connectivity index (χ1n) is 6.07. The van der Waals surface area contributed by atoms with Gasteiger partial charge in [-0.15, -0.1) is 0 Å². The topological polar surface area (TPSA) is 59.0 Å². The molecule has 0 radical (unpaired) electrons. The Kier molecular flexibility index (Phi) is 3.92. The van der Waals surface area contributed by atoms with Crippen molar-refractivity contribution in [3.63, 3.8) is 0 Å². The number of carboxylic acid groups (broad SMARTS) is 1. The van der Waals surface area contributed by atoms with Crippen LogP contribution in [0.3, 0.4) is 0 Å². The Balaban J connectivity index is 2.11. The van der Waals surface area contributed by atoms with E-state index in [1.54, 1.807) is 0 Å². The molecule has 18 heavy (non-hydrogen) atoms. The Morgan fingerprint density at radius 2 is 2.11 bits per heavy atom. The summed E-state index contributed by atoms with van der Waals surface area (Å²) in [4.78, 5) is 12.7. The molecule has 98 valence electrons. The second kappa shape index (κ2) is 5.62. The Bertz CT molecular complexity index is 433. The number of hydrogen-bond donors (Lipinski definition) is 1. The summed E-state index contributed by atoms with van der Waals surface area (Å²) in [7, 11) is 0. The van der Waals surface area contributed by atoms with Crippen molar-refractivity contribution in [2.45, 2.75) is 19.8 Å². The molecule has 0 spiro atoms. The summed E-state index contributed by atoms with van der Waals surface area (Å²) in [5.74, 6) is 0.689. The minimum Gasteiger partial charge on any atom is -0.481 e. The van der Waals surface area contributed by atoms with E-state index < -0.39 is 5.97 Å². The van der Waals surface area contributed by atoms with E-state index in [2.05, 4.69) is 11.8 Å². The van der Waals surface area contributed by atoms with Gasteiger partial charge < -0.3 is 19.5 Å². The van der Waals surface area contributed by atoms with Crippen LogP contribution in [0.2, 0.25) is 0 Å². The normalized spacial score (nSPS) is 12.5. The van der Waals surface area contributed by atoms with Crippen LogP contribution in [0.25, 0.3) is 0 Å². The van der Waals surface area contributed by atoms with Crippen molar-refractivity contribution in [3.8, 4) is 11.5 Å². The van der Waals surface area contributed by atoms with Crippen molar-refractivity contribution in [1.82, 2.24) is 0 Å². The van der Waals surface area contributed by atoms with E-state index in [0.29, 0.717) is 6.54 Å². The molecule has 1 heterocycles. The fraction of sp³-hybridized carbons (Fsp3) is 0.462. The van der Waals surface area contributed by atoms with E-state index >= 15 is 0 Å². The molecule has 0 aliphatic carbocycles. The summed E-state index contributed by atoms with van der Waals surface area (Å²) in [5.41, 5.74) is 0.974. The van der Waals surface area contributed by atoms with Gasteiger partial charge >= 0.3 is 5.97 Å². The first-order valence-corrected chi connectivity index (χ1v) is 6.07. The van der Waals surface area contributed by atoms with Gasteiger partial charge in [-0.25, -0.2) is 0 Å². The van der Waals surface area contributed by atoms with Gasteiger partial charge in [-0.3, -0.25) is 4.79 Å². The molecule has 1 N–H and O–H groups in total. The Morgan fingerprint density at radius 3 is 2.83 bits per heavy atom. The predicted octanol–water partition coefficient (Wildman–Crippen LogP) is 2.11. The minimum atomic E-state index is -0.781. The number of carboxylic acids is 1. The molecule has 2 rings (SSSR count). The average Bonchev–Trinajstić information content (AvgIpc) is 2.81. The highest BCUT2D eigenvalue weighted by Gasteiger charge is 2.16. The lowest BCUT2D eigenvalue weighted by molar-refractivity contribution is -0.136. The molecule has 0 atom stereocenters. The number of hydrogen-bond acceptors (Lipinski definition) is 4. The summed E-state index contributed by atoms with van der Waals surface area (Å²) in [6.45, 7) is 3.65. The fourth-order valence-electron chi connectivity index (χ4n) is 1.95. The van der Waals surface area contributed by atoms with Gasteiger partial charge in [0.25, 0.3) is 0 Å². The number of fused-ring (bicyclic) bond motifs is 1. The lowest BCUT2D eigenvalue weighted by atomic mass is 10.2. The minimum absolute atomic E-state index is 0.133. The van der Waals surface area contributed by atoms with E-state index in [-0.39, 0.29) is 13.2 Å². The highest BCUT2D eigenvalue weighted by molar-refractivity contribution is 5.68. The number of benzene rings is 1. The van der Waals surface area contributed by atoms with Crippen LogP contribution < -0.4 is 14.4 Å². The molecule has 1 aliphatic rings. The molecule has 1 aromatic carbocycles. The van der Waals surface area contributed by atoms with Crippen LogP contribution in [0.1, 0.15) is 19.8 Å². The van der Waals surface area contributed by atoms with Gasteiger partial charge in [-0.2, -0.15) is 0 Å².